The van der Waals surface area contributed by atoms with Crippen LogP contribution in [0.15, 0.2) is 24.5 Å². The molecule has 0 aromatic carbocycles. The Morgan fingerprint density at radius 2 is 1.75 bits per heavy atom. The zero-order chi connectivity index (χ0) is 13.8. The summed E-state index contributed by atoms with van der Waals surface area (Å²) in [5.74, 6) is 0.726. The number of nitrogens with zero attached hydrogens (tertiary/aromatic N) is 3. The number of hydrogen-bond donors (Lipinski definition) is 0. The van der Waals surface area contributed by atoms with Crippen molar-refractivity contribution in [2.45, 2.75) is 44.6 Å². The van der Waals surface area contributed by atoms with Crippen molar-refractivity contribution in [1.82, 2.24) is 14.8 Å². The molecule has 1 aromatic heterocycles. The van der Waals surface area contributed by atoms with Crippen LogP contribution in [0, 0.1) is 0 Å². The highest BCUT2D eigenvalue weighted by atomic mass is 15.3. The fourth-order valence-electron chi connectivity index (χ4n) is 3.53. The van der Waals surface area contributed by atoms with E-state index >= 15 is 0 Å². The SMILES string of the molecule is CC(CN1CCCCCC1)N1CC(c2ccncc2)C1. The number of aromatic nitrogens is 1. The summed E-state index contributed by atoms with van der Waals surface area (Å²) in [5, 5.41) is 0. The van der Waals surface area contributed by atoms with E-state index in [0.717, 1.165) is 5.92 Å². The van der Waals surface area contributed by atoms with Crippen LogP contribution in [0.1, 0.15) is 44.1 Å². The van der Waals surface area contributed by atoms with Crippen LogP contribution in [0.3, 0.4) is 0 Å². The minimum absolute atomic E-state index is 0.700. The smallest absolute Gasteiger partial charge is 0.0270 e. The van der Waals surface area contributed by atoms with Gasteiger partial charge in [-0.2, -0.15) is 0 Å². The Kier molecular flexibility index (Phi) is 4.69. The maximum Gasteiger partial charge on any atom is 0.0270 e. The summed E-state index contributed by atoms with van der Waals surface area (Å²) in [4.78, 5) is 9.42. The van der Waals surface area contributed by atoms with Crippen molar-refractivity contribution in [1.29, 1.82) is 0 Å². The summed E-state index contributed by atoms with van der Waals surface area (Å²) in [6.07, 6.45) is 9.48. The van der Waals surface area contributed by atoms with Gasteiger partial charge in [-0.25, -0.2) is 0 Å². The van der Waals surface area contributed by atoms with Crippen LogP contribution in [0.4, 0.5) is 0 Å². The molecule has 0 N–H and O–H groups in total. The van der Waals surface area contributed by atoms with Crippen molar-refractivity contribution >= 4 is 0 Å². The van der Waals surface area contributed by atoms with E-state index < -0.39 is 0 Å². The Hall–Kier alpha value is -0.930. The molecule has 1 unspecified atom stereocenters. The number of likely N-dealkylation sites (tertiary alicyclic amines) is 2. The third-order valence-electron chi connectivity index (χ3n) is 4.93. The van der Waals surface area contributed by atoms with Crippen LogP contribution in [-0.2, 0) is 0 Å². The second-order valence-corrected chi connectivity index (χ2v) is 6.50. The highest BCUT2D eigenvalue weighted by Gasteiger charge is 2.31. The molecule has 0 bridgehead atoms. The Morgan fingerprint density at radius 1 is 1.10 bits per heavy atom. The van der Waals surface area contributed by atoms with Gasteiger partial charge in [0.25, 0.3) is 0 Å². The molecule has 0 saturated carbocycles. The highest BCUT2D eigenvalue weighted by Crippen LogP contribution is 2.28. The summed E-state index contributed by atoms with van der Waals surface area (Å²) in [5.41, 5.74) is 1.46. The molecule has 0 amide bonds. The second-order valence-electron chi connectivity index (χ2n) is 6.50. The molecule has 2 saturated heterocycles. The minimum Gasteiger partial charge on any atom is -0.302 e. The molecule has 2 fully saturated rings. The Bertz CT molecular complexity index is 392. The maximum atomic E-state index is 4.11. The Morgan fingerprint density at radius 3 is 2.40 bits per heavy atom. The van der Waals surface area contributed by atoms with E-state index in [1.807, 2.05) is 12.4 Å². The number of hydrogen-bond acceptors (Lipinski definition) is 3. The third-order valence-corrected chi connectivity index (χ3v) is 4.93. The molecular weight excluding hydrogens is 246 g/mol. The summed E-state index contributed by atoms with van der Waals surface area (Å²) in [6, 6.07) is 5.04. The fourth-order valence-corrected chi connectivity index (χ4v) is 3.53. The zero-order valence-corrected chi connectivity index (χ0v) is 12.7. The van der Waals surface area contributed by atoms with Crippen molar-refractivity contribution in [3.63, 3.8) is 0 Å². The van der Waals surface area contributed by atoms with Gasteiger partial charge < -0.3 is 4.90 Å². The first-order valence-corrected chi connectivity index (χ1v) is 8.19. The molecule has 2 aliphatic rings. The Balaban J connectivity index is 1.44. The molecule has 0 aliphatic carbocycles. The molecule has 3 heterocycles. The van der Waals surface area contributed by atoms with Crippen LogP contribution in [-0.4, -0.2) is 53.5 Å². The maximum absolute atomic E-state index is 4.11. The molecule has 3 nitrogen and oxygen atoms in total. The predicted molar refractivity (Wildman–Crippen MR) is 82.9 cm³/mol. The van der Waals surface area contributed by atoms with Crippen LogP contribution in [0.2, 0.25) is 0 Å². The van der Waals surface area contributed by atoms with Crippen LogP contribution < -0.4 is 0 Å². The lowest BCUT2D eigenvalue weighted by Crippen LogP contribution is -2.53. The molecular formula is C17H27N3. The van der Waals surface area contributed by atoms with Crippen LogP contribution in [0.25, 0.3) is 0 Å². The Labute approximate surface area is 123 Å². The quantitative estimate of drug-likeness (QED) is 0.841. The number of rotatable bonds is 4. The van der Waals surface area contributed by atoms with Gasteiger partial charge in [0, 0.05) is 44.0 Å². The monoisotopic (exact) mass is 273 g/mol. The van der Waals surface area contributed by atoms with Crippen molar-refractivity contribution in [2.75, 3.05) is 32.7 Å². The lowest BCUT2D eigenvalue weighted by Gasteiger charge is -2.44. The lowest BCUT2D eigenvalue weighted by atomic mass is 9.91. The van der Waals surface area contributed by atoms with E-state index in [4.69, 9.17) is 0 Å². The summed E-state index contributed by atoms with van der Waals surface area (Å²) >= 11 is 0. The average Bonchev–Trinajstić information content (AvgIpc) is 2.67. The van der Waals surface area contributed by atoms with Crippen molar-refractivity contribution in [2.24, 2.45) is 0 Å². The van der Waals surface area contributed by atoms with Gasteiger partial charge in [0.1, 0.15) is 0 Å². The molecule has 0 radical (unpaired) electrons. The first kappa shape index (κ1) is 14.0. The largest absolute Gasteiger partial charge is 0.302 e. The zero-order valence-electron chi connectivity index (χ0n) is 12.7. The van der Waals surface area contributed by atoms with E-state index in [0.29, 0.717) is 6.04 Å². The topological polar surface area (TPSA) is 19.4 Å². The van der Waals surface area contributed by atoms with Gasteiger partial charge in [-0.3, -0.25) is 9.88 Å². The molecule has 1 aromatic rings. The standard InChI is InChI=1S/C17H27N3/c1-15(12-19-10-4-2-3-5-11-19)20-13-17(14-20)16-6-8-18-9-7-16/h6-9,15,17H,2-5,10-14H2,1H3. The predicted octanol–water partition coefficient (Wildman–Crippen LogP) is 2.75. The van der Waals surface area contributed by atoms with Gasteiger partial charge in [-0.15, -0.1) is 0 Å². The number of pyridine rings is 1. The summed E-state index contributed by atoms with van der Waals surface area (Å²) in [7, 11) is 0. The van der Waals surface area contributed by atoms with Crippen molar-refractivity contribution < 1.29 is 0 Å². The van der Waals surface area contributed by atoms with E-state index in [1.54, 1.807) is 0 Å². The van der Waals surface area contributed by atoms with E-state index in [-0.39, 0.29) is 0 Å². The molecule has 110 valence electrons. The molecule has 20 heavy (non-hydrogen) atoms. The van der Waals surface area contributed by atoms with Crippen molar-refractivity contribution in [3.05, 3.63) is 30.1 Å². The lowest BCUT2D eigenvalue weighted by molar-refractivity contribution is 0.0744. The molecule has 2 aliphatic heterocycles. The van der Waals surface area contributed by atoms with E-state index in [1.165, 1.54) is 64.0 Å². The second kappa shape index (κ2) is 6.68. The van der Waals surface area contributed by atoms with Crippen LogP contribution >= 0.6 is 0 Å². The highest BCUT2D eigenvalue weighted by molar-refractivity contribution is 5.20. The normalized spacial score (nSPS) is 24.1. The van der Waals surface area contributed by atoms with Crippen molar-refractivity contribution in [3.8, 4) is 0 Å². The summed E-state index contributed by atoms with van der Waals surface area (Å²) in [6.45, 7) is 8.71. The molecule has 3 rings (SSSR count). The molecule has 0 spiro atoms. The molecule has 1 atom stereocenters. The van der Waals surface area contributed by atoms with Gasteiger partial charge in [0.2, 0.25) is 0 Å². The van der Waals surface area contributed by atoms with Gasteiger partial charge in [0.05, 0.1) is 0 Å². The fraction of sp³-hybridized carbons (Fsp3) is 0.706. The molecule has 3 heteroatoms. The van der Waals surface area contributed by atoms with Gasteiger partial charge in [-0.05, 0) is 50.6 Å². The van der Waals surface area contributed by atoms with E-state index in [9.17, 15) is 0 Å². The third kappa shape index (κ3) is 3.39. The van der Waals surface area contributed by atoms with Gasteiger partial charge in [-0.1, -0.05) is 12.8 Å². The van der Waals surface area contributed by atoms with E-state index in [2.05, 4.69) is 33.8 Å². The van der Waals surface area contributed by atoms with Gasteiger partial charge in [0.15, 0.2) is 0 Å². The van der Waals surface area contributed by atoms with Crippen LogP contribution in [0.5, 0.6) is 0 Å². The first-order chi connectivity index (χ1) is 9.83. The van der Waals surface area contributed by atoms with Gasteiger partial charge >= 0.3 is 0 Å². The first-order valence-electron chi connectivity index (χ1n) is 8.19. The summed E-state index contributed by atoms with van der Waals surface area (Å²) < 4.78 is 0. The minimum atomic E-state index is 0.700. The average molecular weight is 273 g/mol.